The van der Waals surface area contributed by atoms with E-state index in [2.05, 4.69) is 22.3 Å². The Hall–Kier alpha value is -0.910. The molecule has 0 aliphatic rings. The van der Waals surface area contributed by atoms with E-state index < -0.39 is 0 Å². The number of nitrogens with zero attached hydrogens (tertiary/aromatic N) is 2. The van der Waals surface area contributed by atoms with Gasteiger partial charge in [-0.3, -0.25) is 4.98 Å². The SMILES string of the molecule is CC(CCO)SCc1csc(-c2ccccn2)n1. The molecule has 2 aromatic rings. The van der Waals surface area contributed by atoms with Gasteiger partial charge in [0.25, 0.3) is 0 Å². The van der Waals surface area contributed by atoms with E-state index >= 15 is 0 Å². The van der Waals surface area contributed by atoms with Crippen LogP contribution in [-0.4, -0.2) is 26.9 Å². The van der Waals surface area contributed by atoms with Crippen molar-refractivity contribution in [1.29, 1.82) is 0 Å². The fraction of sp³-hybridized carbons (Fsp3) is 0.385. The molecule has 2 aromatic heterocycles. The molecule has 0 aliphatic carbocycles. The van der Waals surface area contributed by atoms with Crippen molar-refractivity contribution in [2.45, 2.75) is 24.3 Å². The number of aromatic nitrogens is 2. The normalized spacial score (nSPS) is 12.6. The summed E-state index contributed by atoms with van der Waals surface area (Å²) in [4.78, 5) is 8.88. The molecule has 5 heteroatoms. The second-order valence-corrected chi connectivity index (χ2v) is 6.28. The molecule has 0 aromatic carbocycles. The first-order chi connectivity index (χ1) is 8.79. The first kappa shape index (κ1) is 13.5. The summed E-state index contributed by atoms with van der Waals surface area (Å²) in [7, 11) is 0. The predicted molar refractivity (Wildman–Crippen MR) is 77.8 cm³/mol. The molecule has 96 valence electrons. The molecule has 1 atom stereocenters. The molecule has 2 heterocycles. The number of pyridine rings is 1. The summed E-state index contributed by atoms with van der Waals surface area (Å²) in [6.45, 7) is 2.39. The van der Waals surface area contributed by atoms with Crippen LogP contribution in [0.3, 0.4) is 0 Å². The van der Waals surface area contributed by atoms with E-state index in [9.17, 15) is 0 Å². The number of hydrogen-bond donors (Lipinski definition) is 1. The molecule has 2 rings (SSSR count). The van der Waals surface area contributed by atoms with E-state index in [0.29, 0.717) is 5.25 Å². The summed E-state index contributed by atoms with van der Waals surface area (Å²) in [6.07, 6.45) is 2.62. The minimum atomic E-state index is 0.254. The van der Waals surface area contributed by atoms with Gasteiger partial charge in [0.2, 0.25) is 0 Å². The predicted octanol–water partition coefficient (Wildman–Crippen LogP) is 3.21. The molecule has 18 heavy (non-hydrogen) atoms. The lowest BCUT2D eigenvalue weighted by Gasteiger charge is -2.07. The summed E-state index contributed by atoms with van der Waals surface area (Å²) >= 11 is 3.46. The number of aliphatic hydroxyl groups is 1. The van der Waals surface area contributed by atoms with Crippen LogP contribution in [0.2, 0.25) is 0 Å². The van der Waals surface area contributed by atoms with Crippen LogP contribution in [0.5, 0.6) is 0 Å². The molecule has 3 nitrogen and oxygen atoms in total. The summed E-state index contributed by atoms with van der Waals surface area (Å²) in [5.41, 5.74) is 2.03. The van der Waals surface area contributed by atoms with Crippen molar-refractivity contribution in [2.75, 3.05) is 6.61 Å². The van der Waals surface area contributed by atoms with Gasteiger partial charge in [-0.2, -0.15) is 11.8 Å². The second-order valence-electron chi connectivity index (χ2n) is 3.99. The highest BCUT2D eigenvalue weighted by molar-refractivity contribution is 7.99. The fourth-order valence-electron chi connectivity index (χ4n) is 1.47. The molecule has 0 aliphatic heterocycles. The highest BCUT2D eigenvalue weighted by atomic mass is 32.2. The highest BCUT2D eigenvalue weighted by Gasteiger charge is 2.07. The van der Waals surface area contributed by atoms with Gasteiger partial charge in [-0.1, -0.05) is 13.0 Å². The quantitative estimate of drug-likeness (QED) is 0.882. The summed E-state index contributed by atoms with van der Waals surface area (Å²) in [6, 6.07) is 5.86. The van der Waals surface area contributed by atoms with E-state index in [1.54, 1.807) is 17.5 Å². The molecular formula is C13H16N2OS2. The molecule has 0 saturated carbocycles. The zero-order chi connectivity index (χ0) is 12.8. The van der Waals surface area contributed by atoms with Crippen LogP contribution in [0.15, 0.2) is 29.8 Å². The van der Waals surface area contributed by atoms with Gasteiger partial charge in [0.1, 0.15) is 5.01 Å². The van der Waals surface area contributed by atoms with Gasteiger partial charge in [0, 0.05) is 29.2 Å². The second kappa shape index (κ2) is 6.87. The monoisotopic (exact) mass is 280 g/mol. The molecule has 1 unspecified atom stereocenters. The fourth-order valence-corrected chi connectivity index (χ4v) is 3.25. The Bertz CT molecular complexity index is 473. The van der Waals surface area contributed by atoms with E-state index in [1.807, 2.05) is 30.0 Å². The van der Waals surface area contributed by atoms with Gasteiger partial charge in [-0.05, 0) is 18.6 Å². The largest absolute Gasteiger partial charge is 0.396 e. The summed E-state index contributed by atoms with van der Waals surface area (Å²) < 4.78 is 0. The van der Waals surface area contributed by atoms with Gasteiger partial charge in [-0.25, -0.2) is 4.98 Å². The molecule has 0 bridgehead atoms. The zero-order valence-electron chi connectivity index (χ0n) is 10.2. The molecule has 0 amide bonds. The average Bonchev–Trinajstić information content (AvgIpc) is 2.87. The summed E-state index contributed by atoms with van der Waals surface area (Å²) in [5, 5.41) is 12.4. The molecule has 1 N–H and O–H groups in total. The van der Waals surface area contributed by atoms with Crippen molar-refractivity contribution in [1.82, 2.24) is 9.97 Å². The molecular weight excluding hydrogens is 264 g/mol. The van der Waals surface area contributed by atoms with Crippen molar-refractivity contribution in [3.05, 3.63) is 35.5 Å². The maximum atomic E-state index is 8.85. The topological polar surface area (TPSA) is 46.0 Å². The van der Waals surface area contributed by atoms with Gasteiger partial charge in [0.05, 0.1) is 11.4 Å². The van der Waals surface area contributed by atoms with E-state index in [0.717, 1.165) is 28.6 Å². The third-order valence-corrected chi connectivity index (χ3v) is 4.67. The van der Waals surface area contributed by atoms with Crippen molar-refractivity contribution >= 4 is 23.1 Å². The van der Waals surface area contributed by atoms with Crippen LogP contribution >= 0.6 is 23.1 Å². The van der Waals surface area contributed by atoms with Gasteiger partial charge in [-0.15, -0.1) is 11.3 Å². The number of hydrogen-bond acceptors (Lipinski definition) is 5. The maximum absolute atomic E-state index is 8.85. The van der Waals surface area contributed by atoms with Crippen molar-refractivity contribution in [3.63, 3.8) is 0 Å². The van der Waals surface area contributed by atoms with Crippen LogP contribution < -0.4 is 0 Å². The van der Waals surface area contributed by atoms with Crippen LogP contribution in [0.4, 0.5) is 0 Å². The molecule has 0 fully saturated rings. The van der Waals surface area contributed by atoms with Crippen molar-refractivity contribution < 1.29 is 5.11 Å². The Morgan fingerprint density at radius 2 is 2.33 bits per heavy atom. The van der Waals surface area contributed by atoms with E-state index in [-0.39, 0.29) is 6.61 Å². The number of thiazole rings is 1. The van der Waals surface area contributed by atoms with Crippen LogP contribution in [0, 0.1) is 0 Å². The smallest absolute Gasteiger partial charge is 0.142 e. The molecule has 0 spiro atoms. The maximum Gasteiger partial charge on any atom is 0.142 e. The lowest BCUT2D eigenvalue weighted by atomic mass is 10.3. The van der Waals surface area contributed by atoms with Crippen LogP contribution in [0.25, 0.3) is 10.7 Å². The number of aliphatic hydroxyl groups excluding tert-OH is 1. The Morgan fingerprint density at radius 3 is 3.06 bits per heavy atom. The van der Waals surface area contributed by atoms with E-state index in [4.69, 9.17) is 5.11 Å². The van der Waals surface area contributed by atoms with Crippen LogP contribution in [-0.2, 0) is 5.75 Å². The van der Waals surface area contributed by atoms with E-state index in [1.165, 1.54) is 0 Å². The third-order valence-electron chi connectivity index (χ3n) is 2.49. The van der Waals surface area contributed by atoms with Gasteiger partial charge < -0.3 is 5.11 Å². The zero-order valence-corrected chi connectivity index (χ0v) is 11.9. The third kappa shape index (κ3) is 3.80. The van der Waals surface area contributed by atoms with Crippen LogP contribution in [0.1, 0.15) is 19.0 Å². The molecule has 0 saturated heterocycles. The number of rotatable bonds is 6. The summed E-state index contributed by atoms with van der Waals surface area (Å²) in [5.74, 6) is 0.893. The first-order valence-corrected chi connectivity index (χ1v) is 7.80. The van der Waals surface area contributed by atoms with Crippen molar-refractivity contribution in [2.24, 2.45) is 0 Å². The first-order valence-electron chi connectivity index (χ1n) is 5.88. The number of thioether (sulfide) groups is 1. The Kier molecular flexibility index (Phi) is 5.16. The Morgan fingerprint density at radius 1 is 1.44 bits per heavy atom. The minimum absolute atomic E-state index is 0.254. The Balaban J connectivity index is 1.95. The van der Waals surface area contributed by atoms with Gasteiger partial charge in [0.15, 0.2) is 0 Å². The Labute approximate surface area is 115 Å². The average molecular weight is 280 g/mol. The standard InChI is InChI=1S/C13H16N2OS2/c1-10(5-7-16)17-8-11-9-18-13(15-11)12-4-2-3-6-14-12/h2-4,6,9-10,16H,5,7-8H2,1H3. The van der Waals surface area contributed by atoms with Crippen molar-refractivity contribution in [3.8, 4) is 10.7 Å². The lowest BCUT2D eigenvalue weighted by molar-refractivity contribution is 0.289. The molecule has 0 radical (unpaired) electrons. The van der Waals surface area contributed by atoms with Gasteiger partial charge >= 0.3 is 0 Å². The lowest BCUT2D eigenvalue weighted by Crippen LogP contribution is -1.99. The highest BCUT2D eigenvalue weighted by Crippen LogP contribution is 2.25. The minimum Gasteiger partial charge on any atom is -0.396 e.